The van der Waals surface area contributed by atoms with Crippen molar-refractivity contribution >= 4 is 40.6 Å². The van der Waals surface area contributed by atoms with Crippen LogP contribution < -0.4 is 5.32 Å². The zero-order chi connectivity index (χ0) is 15.6. The van der Waals surface area contributed by atoms with Gasteiger partial charge in [0.2, 0.25) is 5.82 Å². The maximum atomic E-state index is 13.3. The van der Waals surface area contributed by atoms with Crippen molar-refractivity contribution in [3.63, 3.8) is 0 Å². The molecule has 1 amide bonds. The van der Waals surface area contributed by atoms with Gasteiger partial charge in [0.15, 0.2) is 0 Å². The van der Waals surface area contributed by atoms with Crippen molar-refractivity contribution in [2.75, 3.05) is 5.32 Å². The highest BCUT2D eigenvalue weighted by atomic mass is 35.5. The molecule has 0 unspecified atom stereocenters. The molecule has 2 rings (SSSR count). The number of halogens is 3. The van der Waals surface area contributed by atoms with Crippen molar-refractivity contribution in [1.82, 2.24) is 4.98 Å². The number of nitrogens with one attached hydrogen (secondary N) is 1. The monoisotopic (exact) mass is 329 g/mol. The quantitative estimate of drug-likeness (QED) is 0.528. The lowest BCUT2D eigenvalue weighted by atomic mass is 10.2. The van der Waals surface area contributed by atoms with E-state index in [1.165, 1.54) is 18.2 Å². The molecule has 0 radical (unpaired) electrons. The Morgan fingerprint density at radius 1 is 1.29 bits per heavy atom. The first-order valence-electron chi connectivity index (χ1n) is 5.46. The average molecular weight is 330 g/mol. The molecule has 1 aromatic carbocycles. The number of nitrogens with zero attached hydrogens (tertiary/aromatic N) is 2. The Kier molecular flexibility index (Phi) is 4.35. The second-order valence-corrected chi connectivity index (χ2v) is 4.58. The van der Waals surface area contributed by atoms with Crippen LogP contribution in [0.15, 0.2) is 30.3 Å². The van der Waals surface area contributed by atoms with Gasteiger partial charge in [0, 0.05) is 6.07 Å². The molecule has 1 N–H and O–H groups in total. The third kappa shape index (κ3) is 3.26. The van der Waals surface area contributed by atoms with E-state index in [4.69, 9.17) is 23.2 Å². The number of nitro groups is 1. The standard InChI is InChI=1S/C12H6Cl2FN3O3/c13-9-5-4-8(18(20)21)11(16-9)17-12(19)6-2-1-3-7(15)10(6)14/h1-5H,(H,16,17,19). The van der Waals surface area contributed by atoms with Crippen LogP contribution in [0, 0.1) is 15.9 Å². The van der Waals surface area contributed by atoms with Gasteiger partial charge in [-0.05, 0) is 18.2 Å². The van der Waals surface area contributed by atoms with E-state index in [0.717, 1.165) is 12.1 Å². The van der Waals surface area contributed by atoms with Crippen molar-refractivity contribution in [3.8, 4) is 0 Å². The number of rotatable bonds is 3. The maximum Gasteiger partial charge on any atom is 0.311 e. The molecule has 0 saturated carbocycles. The van der Waals surface area contributed by atoms with Gasteiger partial charge in [-0.2, -0.15) is 0 Å². The first-order valence-corrected chi connectivity index (χ1v) is 6.22. The predicted molar refractivity (Wildman–Crippen MR) is 75.3 cm³/mol. The molecule has 1 heterocycles. The van der Waals surface area contributed by atoms with E-state index in [-0.39, 0.29) is 21.6 Å². The Labute approximate surface area is 127 Å². The zero-order valence-electron chi connectivity index (χ0n) is 10.1. The minimum Gasteiger partial charge on any atom is -0.301 e. The molecule has 2 aromatic rings. The lowest BCUT2D eigenvalue weighted by molar-refractivity contribution is -0.384. The molecule has 1 aromatic heterocycles. The molecule has 0 aliphatic rings. The Hall–Kier alpha value is -2.25. The summed E-state index contributed by atoms with van der Waals surface area (Å²) in [5.74, 6) is -1.96. The number of carbonyl (C=O) groups is 1. The maximum absolute atomic E-state index is 13.3. The lowest BCUT2D eigenvalue weighted by Crippen LogP contribution is -2.15. The summed E-state index contributed by atoms with van der Waals surface area (Å²) >= 11 is 11.3. The van der Waals surface area contributed by atoms with Gasteiger partial charge < -0.3 is 5.32 Å². The van der Waals surface area contributed by atoms with Crippen LogP contribution >= 0.6 is 23.2 Å². The minimum atomic E-state index is -0.836. The summed E-state index contributed by atoms with van der Waals surface area (Å²) in [5, 5.41) is 12.6. The summed E-state index contributed by atoms with van der Waals surface area (Å²) in [6, 6.07) is 5.95. The summed E-state index contributed by atoms with van der Waals surface area (Å²) in [4.78, 5) is 25.8. The second-order valence-electron chi connectivity index (χ2n) is 3.81. The fourth-order valence-electron chi connectivity index (χ4n) is 1.52. The number of pyridine rings is 1. The molecule has 0 atom stereocenters. The minimum absolute atomic E-state index is 0.0405. The molecular weight excluding hydrogens is 324 g/mol. The number of amides is 1. The van der Waals surface area contributed by atoms with E-state index >= 15 is 0 Å². The average Bonchev–Trinajstić information content (AvgIpc) is 2.41. The second kappa shape index (κ2) is 6.02. The van der Waals surface area contributed by atoms with Gasteiger partial charge in [0.1, 0.15) is 11.0 Å². The van der Waals surface area contributed by atoms with Crippen LogP contribution in [-0.4, -0.2) is 15.8 Å². The first kappa shape index (κ1) is 15.1. The zero-order valence-corrected chi connectivity index (χ0v) is 11.7. The number of hydrogen-bond acceptors (Lipinski definition) is 4. The molecule has 0 aliphatic heterocycles. The van der Waals surface area contributed by atoms with Crippen LogP contribution in [0.3, 0.4) is 0 Å². The van der Waals surface area contributed by atoms with Crippen molar-refractivity contribution in [2.45, 2.75) is 0 Å². The van der Waals surface area contributed by atoms with Crippen LogP contribution in [0.4, 0.5) is 15.9 Å². The van der Waals surface area contributed by atoms with Crippen LogP contribution in [0.2, 0.25) is 10.2 Å². The third-order valence-corrected chi connectivity index (χ3v) is 3.06. The van der Waals surface area contributed by atoms with E-state index in [1.807, 2.05) is 0 Å². The van der Waals surface area contributed by atoms with Crippen molar-refractivity contribution in [1.29, 1.82) is 0 Å². The molecule has 21 heavy (non-hydrogen) atoms. The van der Waals surface area contributed by atoms with Gasteiger partial charge in [-0.25, -0.2) is 9.37 Å². The number of benzene rings is 1. The van der Waals surface area contributed by atoms with Gasteiger partial charge in [-0.1, -0.05) is 29.3 Å². The van der Waals surface area contributed by atoms with Crippen molar-refractivity contribution in [3.05, 3.63) is 62.0 Å². The Balaban J connectivity index is 2.38. The van der Waals surface area contributed by atoms with Crippen LogP contribution in [0.25, 0.3) is 0 Å². The van der Waals surface area contributed by atoms with E-state index < -0.39 is 22.3 Å². The van der Waals surface area contributed by atoms with E-state index in [2.05, 4.69) is 10.3 Å². The number of aromatic nitrogens is 1. The van der Waals surface area contributed by atoms with Crippen LogP contribution in [-0.2, 0) is 0 Å². The summed E-state index contributed by atoms with van der Waals surface area (Å²) in [6.07, 6.45) is 0. The van der Waals surface area contributed by atoms with E-state index in [1.54, 1.807) is 0 Å². The molecule has 9 heteroatoms. The summed E-state index contributed by atoms with van der Waals surface area (Å²) < 4.78 is 13.3. The number of hydrogen-bond donors (Lipinski definition) is 1. The SMILES string of the molecule is O=C(Nc1nc(Cl)ccc1[N+](=O)[O-])c1cccc(F)c1Cl. The fraction of sp³-hybridized carbons (Fsp3) is 0. The molecule has 0 fully saturated rings. The number of carbonyl (C=O) groups excluding carboxylic acids is 1. The Bertz CT molecular complexity index is 740. The van der Waals surface area contributed by atoms with E-state index in [9.17, 15) is 19.3 Å². The largest absolute Gasteiger partial charge is 0.311 e. The van der Waals surface area contributed by atoms with Crippen molar-refractivity contribution in [2.24, 2.45) is 0 Å². The van der Waals surface area contributed by atoms with Crippen molar-refractivity contribution < 1.29 is 14.1 Å². The normalized spacial score (nSPS) is 10.2. The number of anilines is 1. The highest BCUT2D eigenvalue weighted by Crippen LogP contribution is 2.26. The van der Waals surface area contributed by atoms with Gasteiger partial charge in [-0.3, -0.25) is 14.9 Å². The Morgan fingerprint density at radius 3 is 2.67 bits per heavy atom. The molecule has 108 valence electrons. The Morgan fingerprint density at radius 2 is 2.00 bits per heavy atom. The molecule has 6 nitrogen and oxygen atoms in total. The third-order valence-electron chi connectivity index (χ3n) is 2.46. The summed E-state index contributed by atoms with van der Waals surface area (Å²) in [5.41, 5.74) is -0.618. The summed E-state index contributed by atoms with van der Waals surface area (Å²) in [6.45, 7) is 0. The summed E-state index contributed by atoms with van der Waals surface area (Å²) in [7, 11) is 0. The molecule has 0 bridgehead atoms. The van der Waals surface area contributed by atoms with Crippen LogP contribution in [0.5, 0.6) is 0 Å². The topological polar surface area (TPSA) is 85.1 Å². The smallest absolute Gasteiger partial charge is 0.301 e. The highest BCUT2D eigenvalue weighted by Gasteiger charge is 2.20. The highest BCUT2D eigenvalue weighted by molar-refractivity contribution is 6.34. The first-order chi connectivity index (χ1) is 9.90. The lowest BCUT2D eigenvalue weighted by Gasteiger charge is -2.07. The van der Waals surface area contributed by atoms with Gasteiger partial charge in [0.25, 0.3) is 5.91 Å². The molecular formula is C12H6Cl2FN3O3. The molecule has 0 aliphatic carbocycles. The van der Waals surface area contributed by atoms with Gasteiger partial charge in [0.05, 0.1) is 15.5 Å². The fourth-order valence-corrected chi connectivity index (χ4v) is 1.88. The molecule has 0 spiro atoms. The van der Waals surface area contributed by atoms with E-state index in [0.29, 0.717) is 0 Å². The molecule has 0 saturated heterocycles. The van der Waals surface area contributed by atoms with Gasteiger partial charge in [-0.15, -0.1) is 0 Å². The van der Waals surface area contributed by atoms with Crippen LogP contribution in [0.1, 0.15) is 10.4 Å². The predicted octanol–water partition coefficient (Wildman–Crippen LogP) is 3.69. The van der Waals surface area contributed by atoms with Gasteiger partial charge >= 0.3 is 5.69 Å².